The quantitative estimate of drug-likeness (QED) is 0.719. The summed E-state index contributed by atoms with van der Waals surface area (Å²) in [6, 6.07) is 14.1. The van der Waals surface area contributed by atoms with Crippen molar-refractivity contribution in [2.45, 2.75) is 38.0 Å². The van der Waals surface area contributed by atoms with Gasteiger partial charge in [-0.3, -0.25) is 4.79 Å². The van der Waals surface area contributed by atoms with Gasteiger partial charge in [0.25, 0.3) is 0 Å². The van der Waals surface area contributed by atoms with Gasteiger partial charge in [0.2, 0.25) is 0 Å². The van der Waals surface area contributed by atoms with Crippen molar-refractivity contribution < 1.29 is 9.18 Å². The van der Waals surface area contributed by atoms with Crippen LogP contribution >= 0.6 is 0 Å². The van der Waals surface area contributed by atoms with Crippen molar-refractivity contribution in [1.82, 2.24) is 0 Å². The summed E-state index contributed by atoms with van der Waals surface area (Å²) in [5, 5.41) is 0. The van der Waals surface area contributed by atoms with Gasteiger partial charge in [0.05, 0.1) is 0 Å². The van der Waals surface area contributed by atoms with Crippen molar-refractivity contribution in [2.24, 2.45) is 0 Å². The number of fused-ring (bicyclic) bond motifs is 1. The molecule has 2 aromatic rings. The van der Waals surface area contributed by atoms with Crippen LogP contribution in [0.5, 0.6) is 0 Å². The lowest BCUT2D eigenvalue weighted by atomic mass is 9.67. The minimum absolute atomic E-state index is 0.0953. The predicted molar refractivity (Wildman–Crippen MR) is 82.2 cm³/mol. The standard InChI is InChI=1S/C19H19FO/c1-19(2)12-11-16(15-5-3-4-6-17(15)19)18(21)13-7-9-14(20)10-8-13/h3-10,16H,11-12H2,1-2H3/t16-/m0/s1. The molecule has 0 saturated heterocycles. The molecule has 0 unspecified atom stereocenters. The lowest BCUT2D eigenvalue weighted by molar-refractivity contribution is 0.0945. The third kappa shape index (κ3) is 2.51. The van der Waals surface area contributed by atoms with Crippen LogP contribution in [-0.2, 0) is 5.41 Å². The van der Waals surface area contributed by atoms with Crippen LogP contribution in [0.2, 0.25) is 0 Å². The monoisotopic (exact) mass is 282 g/mol. The Labute approximate surface area is 124 Å². The first kappa shape index (κ1) is 14.0. The summed E-state index contributed by atoms with van der Waals surface area (Å²) >= 11 is 0. The topological polar surface area (TPSA) is 17.1 Å². The number of hydrogen-bond donors (Lipinski definition) is 0. The van der Waals surface area contributed by atoms with Gasteiger partial charge in [-0.05, 0) is 53.6 Å². The van der Waals surface area contributed by atoms with Gasteiger partial charge in [-0.25, -0.2) is 4.39 Å². The second-order valence-electron chi connectivity index (χ2n) is 6.43. The van der Waals surface area contributed by atoms with Crippen molar-refractivity contribution in [3.05, 3.63) is 71.0 Å². The smallest absolute Gasteiger partial charge is 0.170 e. The highest BCUT2D eigenvalue weighted by atomic mass is 19.1. The fourth-order valence-corrected chi connectivity index (χ4v) is 3.30. The Morgan fingerprint density at radius 2 is 1.76 bits per heavy atom. The molecule has 0 spiro atoms. The number of rotatable bonds is 2. The van der Waals surface area contributed by atoms with Gasteiger partial charge >= 0.3 is 0 Å². The van der Waals surface area contributed by atoms with Crippen LogP contribution in [-0.4, -0.2) is 5.78 Å². The van der Waals surface area contributed by atoms with E-state index in [-0.39, 0.29) is 22.9 Å². The molecule has 1 aliphatic carbocycles. The Balaban J connectivity index is 2.00. The molecule has 1 nitrogen and oxygen atoms in total. The Hall–Kier alpha value is -1.96. The predicted octanol–water partition coefficient (Wildman–Crippen LogP) is 4.86. The highest BCUT2D eigenvalue weighted by Gasteiger charge is 2.35. The van der Waals surface area contributed by atoms with Crippen molar-refractivity contribution >= 4 is 5.78 Å². The number of hydrogen-bond acceptors (Lipinski definition) is 1. The molecule has 0 N–H and O–H groups in total. The van der Waals surface area contributed by atoms with Crippen LogP contribution in [0.4, 0.5) is 4.39 Å². The van der Waals surface area contributed by atoms with Gasteiger partial charge in [-0.15, -0.1) is 0 Å². The summed E-state index contributed by atoms with van der Waals surface area (Å²) < 4.78 is 13.0. The number of Topliss-reactive ketones (excluding diaryl/α,β-unsaturated/α-hetero) is 1. The van der Waals surface area contributed by atoms with E-state index in [1.54, 1.807) is 12.1 Å². The second kappa shape index (κ2) is 5.10. The molecule has 1 aliphatic rings. The van der Waals surface area contributed by atoms with E-state index in [9.17, 15) is 9.18 Å². The van der Waals surface area contributed by atoms with E-state index in [0.29, 0.717) is 5.56 Å². The minimum Gasteiger partial charge on any atom is -0.293 e. The normalized spacial score (nSPS) is 19.9. The van der Waals surface area contributed by atoms with Gasteiger partial charge in [0.1, 0.15) is 5.82 Å². The lowest BCUT2D eigenvalue weighted by Gasteiger charge is -2.36. The molecule has 0 bridgehead atoms. The fraction of sp³-hybridized carbons (Fsp3) is 0.316. The van der Waals surface area contributed by atoms with E-state index in [1.807, 2.05) is 12.1 Å². The summed E-state index contributed by atoms with van der Waals surface area (Å²) in [4.78, 5) is 12.8. The molecule has 0 radical (unpaired) electrons. The molecule has 0 amide bonds. The van der Waals surface area contributed by atoms with Crippen molar-refractivity contribution in [1.29, 1.82) is 0 Å². The zero-order valence-electron chi connectivity index (χ0n) is 12.4. The number of carbonyl (C=O) groups excluding carboxylic acids is 1. The molecule has 2 aromatic carbocycles. The maximum atomic E-state index is 13.0. The highest BCUT2D eigenvalue weighted by molar-refractivity contribution is 6.01. The lowest BCUT2D eigenvalue weighted by Crippen LogP contribution is -2.29. The van der Waals surface area contributed by atoms with E-state index in [0.717, 1.165) is 18.4 Å². The number of ketones is 1. The van der Waals surface area contributed by atoms with Gasteiger partial charge in [-0.2, -0.15) is 0 Å². The Bertz CT molecular complexity index is 670. The van der Waals surface area contributed by atoms with Crippen LogP contribution in [0, 0.1) is 5.82 Å². The second-order valence-corrected chi connectivity index (χ2v) is 6.43. The summed E-state index contributed by atoms with van der Waals surface area (Å²) in [6.07, 6.45) is 1.84. The molecule has 2 heteroatoms. The molecule has 1 atom stereocenters. The van der Waals surface area contributed by atoms with Crippen LogP contribution in [0.25, 0.3) is 0 Å². The van der Waals surface area contributed by atoms with Crippen LogP contribution in [0.15, 0.2) is 48.5 Å². The van der Waals surface area contributed by atoms with E-state index in [2.05, 4.69) is 26.0 Å². The number of halogens is 1. The van der Waals surface area contributed by atoms with E-state index >= 15 is 0 Å². The van der Waals surface area contributed by atoms with Crippen molar-refractivity contribution in [3.8, 4) is 0 Å². The summed E-state index contributed by atoms with van der Waals surface area (Å²) in [6.45, 7) is 4.45. The molecule has 0 aliphatic heterocycles. The van der Waals surface area contributed by atoms with Crippen molar-refractivity contribution in [3.63, 3.8) is 0 Å². The minimum atomic E-state index is -0.309. The largest absolute Gasteiger partial charge is 0.293 e. The molecular formula is C19H19FO. The average Bonchev–Trinajstić information content (AvgIpc) is 2.48. The van der Waals surface area contributed by atoms with Gasteiger partial charge in [0.15, 0.2) is 5.78 Å². The van der Waals surface area contributed by atoms with E-state index in [1.165, 1.54) is 17.7 Å². The number of carbonyl (C=O) groups is 1. The van der Waals surface area contributed by atoms with E-state index in [4.69, 9.17) is 0 Å². The van der Waals surface area contributed by atoms with Crippen LogP contribution < -0.4 is 0 Å². The maximum Gasteiger partial charge on any atom is 0.170 e. The highest BCUT2D eigenvalue weighted by Crippen LogP contribution is 2.43. The summed E-state index contributed by atoms with van der Waals surface area (Å²) in [7, 11) is 0. The van der Waals surface area contributed by atoms with E-state index < -0.39 is 0 Å². The molecular weight excluding hydrogens is 263 g/mol. The molecule has 108 valence electrons. The number of benzene rings is 2. The van der Waals surface area contributed by atoms with Crippen LogP contribution in [0.3, 0.4) is 0 Å². The fourth-order valence-electron chi connectivity index (χ4n) is 3.30. The zero-order chi connectivity index (χ0) is 15.0. The molecule has 21 heavy (non-hydrogen) atoms. The Kier molecular flexibility index (Phi) is 3.40. The third-order valence-electron chi connectivity index (χ3n) is 4.57. The molecule has 0 heterocycles. The third-order valence-corrected chi connectivity index (χ3v) is 4.57. The van der Waals surface area contributed by atoms with Crippen LogP contribution in [0.1, 0.15) is 54.1 Å². The van der Waals surface area contributed by atoms with Gasteiger partial charge in [0, 0.05) is 11.5 Å². The van der Waals surface area contributed by atoms with Crippen molar-refractivity contribution in [2.75, 3.05) is 0 Å². The average molecular weight is 282 g/mol. The SMILES string of the molecule is CC1(C)CC[C@H](C(=O)c2ccc(F)cc2)c2ccccc21. The molecule has 3 rings (SSSR count). The Morgan fingerprint density at radius 1 is 1.10 bits per heavy atom. The molecule has 0 aromatic heterocycles. The van der Waals surface area contributed by atoms with Gasteiger partial charge < -0.3 is 0 Å². The summed E-state index contributed by atoms with van der Waals surface area (Å²) in [5.74, 6) is -0.325. The first-order valence-electron chi connectivity index (χ1n) is 7.38. The van der Waals surface area contributed by atoms with Gasteiger partial charge in [-0.1, -0.05) is 38.1 Å². The molecule has 0 saturated carbocycles. The summed E-state index contributed by atoms with van der Waals surface area (Å²) in [5.41, 5.74) is 3.09. The zero-order valence-corrected chi connectivity index (χ0v) is 12.4. The first-order valence-corrected chi connectivity index (χ1v) is 7.38. The maximum absolute atomic E-state index is 13.0. The molecule has 0 fully saturated rings. The Morgan fingerprint density at radius 3 is 2.48 bits per heavy atom. The first-order chi connectivity index (χ1) is 9.99.